The number of aliphatic imine (C=N–C) groups is 1. The Balaban J connectivity index is 2.69. The lowest BCUT2D eigenvalue weighted by molar-refractivity contribution is -0.142. The van der Waals surface area contributed by atoms with Crippen LogP contribution in [0, 0.1) is 5.92 Å². The molecule has 0 spiro atoms. The van der Waals surface area contributed by atoms with Crippen LogP contribution in [0.4, 0.5) is 0 Å². The van der Waals surface area contributed by atoms with E-state index < -0.39 is 24.0 Å². The highest BCUT2D eigenvalue weighted by Gasteiger charge is 2.32. The van der Waals surface area contributed by atoms with Gasteiger partial charge in [0, 0.05) is 6.54 Å². The SMILES string of the molecule is CCC(C)C(NC(=O)C1CCCN1)C(=O)NC(CCCN=C(N)N)C(=O)O. The van der Waals surface area contributed by atoms with Gasteiger partial charge >= 0.3 is 5.97 Å². The van der Waals surface area contributed by atoms with E-state index in [4.69, 9.17) is 11.5 Å². The van der Waals surface area contributed by atoms with E-state index in [1.165, 1.54) is 0 Å². The fourth-order valence-corrected chi connectivity index (χ4v) is 2.89. The summed E-state index contributed by atoms with van der Waals surface area (Å²) in [6, 6.07) is -2.16. The minimum Gasteiger partial charge on any atom is -0.480 e. The van der Waals surface area contributed by atoms with E-state index in [0.29, 0.717) is 12.8 Å². The van der Waals surface area contributed by atoms with Crippen molar-refractivity contribution in [3.8, 4) is 0 Å². The lowest BCUT2D eigenvalue weighted by Gasteiger charge is -2.26. The molecule has 1 fully saturated rings. The maximum atomic E-state index is 12.7. The number of carboxylic acid groups (broad SMARTS) is 1. The van der Waals surface area contributed by atoms with Gasteiger partial charge in [-0.05, 0) is 38.1 Å². The highest BCUT2D eigenvalue weighted by molar-refractivity contribution is 5.92. The molecule has 1 rings (SSSR count). The number of guanidine groups is 1. The minimum atomic E-state index is -1.14. The highest BCUT2D eigenvalue weighted by atomic mass is 16.4. The third-order valence-electron chi connectivity index (χ3n) is 4.73. The van der Waals surface area contributed by atoms with Crippen LogP contribution in [0.25, 0.3) is 0 Å². The number of nitrogens with one attached hydrogen (secondary N) is 3. The summed E-state index contributed by atoms with van der Waals surface area (Å²) < 4.78 is 0. The smallest absolute Gasteiger partial charge is 0.326 e. The lowest BCUT2D eigenvalue weighted by atomic mass is 9.97. The predicted molar refractivity (Wildman–Crippen MR) is 102 cm³/mol. The first-order valence-corrected chi connectivity index (χ1v) is 9.38. The summed E-state index contributed by atoms with van der Waals surface area (Å²) in [6.45, 7) is 4.81. The number of carboxylic acids is 1. The zero-order valence-electron chi connectivity index (χ0n) is 16.0. The number of carbonyl (C=O) groups is 3. The summed E-state index contributed by atoms with van der Waals surface area (Å²) in [6.07, 6.45) is 2.89. The van der Waals surface area contributed by atoms with Crippen molar-refractivity contribution in [1.29, 1.82) is 0 Å². The van der Waals surface area contributed by atoms with Crippen molar-refractivity contribution in [3.63, 3.8) is 0 Å². The molecule has 0 bridgehead atoms. The maximum absolute atomic E-state index is 12.7. The lowest BCUT2D eigenvalue weighted by Crippen LogP contribution is -2.56. The molecule has 1 saturated heterocycles. The molecule has 2 amide bonds. The summed E-state index contributed by atoms with van der Waals surface area (Å²) in [4.78, 5) is 40.3. The van der Waals surface area contributed by atoms with E-state index >= 15 is 0 Å². The van der Waals surface area contributed by atoms with E-state index in [1.54, 1.807) is 0 Å². The third-order valence-corrected chi connectivity index (χ3v) is 4.73. The van der Waals surface area contributed by atoms with Crippen molar-refractivity contribution in [3.05, 3.63) is 0 Å². The van der Waals surface area contributed by atoms with Gasteiger partial charge in [-0.3, -0.25) is 14.6 Å². The molecule has 10 nitrogen and oxygen atoms in total. The summed E-state index contributed by atoms with van der Waals surface area (Å²) >= 11 is 0. The van der Waals surface area contributed by atoms with E-state index in [0.717, 1.165) is 19.4 Å². The Morgan fingerprint density at radius 3 is 2.52 bits per heavy atom. The molecule has 4 atom stereocenters. The van der Waals surface area contributed by atoms with Crippen molar-refractivity contribution in [2.24, 2.45) is 22.4 Å². The van der Waals surface area contributed by atoms with Gasteiger partial charge in [0.15, 0.2) is 5.96 Å². The van der Waals surface area contributed by atoms with Crippen LogP contribution in [0.5, 0.6) is 0 Å². The normalized spacial score (nSPS) is 19.6. The number of nitrogens with zero attached hydrogens (tertiary/aromatic N) is 1. The van der Waals surface area contributed by atoms with Crippen LogP contribution in [-0.2, 0) is 14.4 Å². The number of rotatable bonds is 11. The standard InChI is InChI=1S/C17H32N6O4/c1-3-10(2)13(23-14(24)11-6-4-8-20-11)15(25)22-12(16(26)27)7-5-9-21-17(18)19/h10-13,20H,3-9H2,1-2H3,(H,22,25)(H,23,24)(H,26,27)(H4,18,19,21). The van der Waals surface area contributed by atoms with E-state index in [2.05, 4.69) is 20.9 Å². The van der Waals surface area contributed by atoms with Crippen molar-refractivity contribution < 1.29 is 19.5 Å². The molecule has 4 unspecified atom stereocenters. The second-order valence-electron chi connectivity index (χ2n) is 6.87. The van der Waals surface area contributed by atoms with Crippen LogP contribution in [0.1, 0.15) is 46.0 Å². The van der Waals surface area contributed by atoms with Crippen LogP contribution in [0.15, 0.2) is 4.99 Å². The molecule has 0 aliphatic carbocycles. The average molecular weight is 384 g/mol. The quantitative estimate of drug-likeness (QED) is 0.149. The Bertz CT molecular complexity index is 544. The maximum Gasteiger partial charge on any atom is 0.326 e. The first kappa shape index (κ1) is 22.7. The monoisotopic (exact) mass is 384 g/mol. The third kappa shape index (κ3) is 7.81. The molecule has 1 heterocycles. The molecule has 0 saturated carbocycles. The van der Waals surface area contributed by atoms with Gasteiger partial charge in [0.1, 0.15) is 12.1 Å². The Morgan fingerprint density at radius 1 is 1.30 bits per heavy atom. The van der Waals surface area contributed by atoms with Crippen LogP contribution >= 0.6 is 0 Å². The highest BCUT2D eigenvalue weighted by Crippen LogP contribution is 2.12. The Morgan fingerprint density at radius 2 is 2.00 bits per heavy atom. The van der Waals surface area contributed by atoms with Gasteiger partial charge in [-0.2, -0.15) is 0 Å². The number of hydrogen-bond donors (Lipinski definition) is 6. The Hall–Kier alpha value is -2.36. The van der Waals surface area contributed by atoms with Crippen molar-refractivity contribution in [1.82, 2.24) is 16.0 Å². The Kier molecular flexibility index (Phi) is 9.55. The van der Waals surface area contributed by atoms with Gasteiger partial charge in [0.2, 0.25) is 11.8 Å². The fourth-order valence-electron chi connectivity index (χ4n) is 2.89. The summed E-state index contributed by atoms with van der Waals surface area (Å²) in [5.41, 5.74) is 10.5. The average Bonchev–Trinajstić information content (AvgIpc) is 3.15. The minimum absolute atomic E-state index is 0.0639. The van der Waals surface area contributed by atoms with Crippen molar-refractivity contribution >= 4 is 23.7 Å². The van der Waals surface area contributed by atoms with Crippen LogP contribution < -0.4 is 27.4 Å². The second-order valence-corrected chi connectivity index (χ2v) is 6.87. The van der Waals surface area contributed by atoms with Crippen LogP contribution in [-0.4, -0.2) is 60.1 Å². The summed E-state index contributed by atoms with van der Waals surface area (Å²) in [7, 11) is 0. The molecule has 154 valence electrons. The first-order valence-electron chi connectivity index (χ1n) is 9.38. The van der Waals surface area contributed by atoms with Gasteiger partial charge < -0.3 is 32.5 Å². The van der Waals surface area contributed by atoms with E-state index in [1.807, 2.05) is 13.8 Å². The fraction of sp³-hybridized carbons (Fsp3) is 0.765. The van der Waals surface area contributed by atoms with Crippen LogP contribution in [0.2, 0.25) is 0 Å². The zero-order valence-corrected chi connectivity index (χ0v) is 16.0. The van der Waals surface area contributed by atoms with Crippen LogP contribution in [0.3, 0.4) is 0 Å². The predicted octanol–water partition coefficient (Wildman–Crippen LogP) is -1.11. The summed E-state index contributed by atoms with van der Waals surface area (Å²) in [5.74, 6) is -2.06. The number of nitrogens with two attached hydrogens (primary N) is 2. The number of carbonyl (C=O) groups excluding carboxylic acids is 2. The molecule has 1 aliphatic heterocycles. The molecular weight excluding hydrogens is 352 g/mol. The topological polar surface area (TPSA) is 172 Å². The molecular formula is C17H32N6O4. The largest absolute Gasteiger partial charge is 0.480 e. The number of hydrogen-bond acceptors (Lipinski definition) is 5. The molecule has 0 aromatic heterocycles. The molecule has 10 heteroatoms. The van der Waals surface area contributed by atoms with Crippen molar-refractivity contribution in [2.75, 3.05) is 13.1 Å². The van der Waals surface area contributed by atoms with Crippen molar-refractivity contribution in [2.45, 2.75) is 64.1 Å². The molecule has 8 N–H and O–H groups in total. The second kappa shape index (κ2) is 11.4. The molecule has 1 aliphatic rings. The first-order chi connectivity index (χ1) is 12.8. The molecule has 0 aromatic carbocycles. The van der Waals surface area contributed by atoms with Gasteiger partial charge in [0.05, 0.1) is 6.04 Å². The summed E-state index contributed by atoms with van der Waals surface area (Å²) in [5, 5.41) is 17.8. The molecule has 0 radical (unpaired) electrons. The number of amides is 2. The van der Waals surface area contributed by atoms with E-state index in [9.17, 15) is 19.5 Å². The van der Waals surface area contributed by atoms with Gasteiger partial charge in [-0.25, -0.2) is 4.79 Å². The van der Waals surface area contributed by atoms with Gasteiger partial charge in [-0.15, -0.1) is 0 Å². The van der Waals surface area contributed by atoms with Gasteiger partial charge in [-0.1, -0.05) is 20.3 Å². The molecule has 27 heavy (non-hydrogen) atoms. The van der Waals surface area contributed by atoms with Gasteiger partial charge in [0.25, 0.3) is 0 Å². The van der Waals surface area contributed by atoms with E-state index in [-0.39, 0.29) is 36.8 Å². The number of aliphatic carboxylic acids is 1. The Labute approximate surface area is 159 Å². The zero-order chi connectivity index (χ0) is 20.4. The molecule has 0 aromatic rings.